The van der Waals surface area contributed by atoms with Crippen LogP contribution in [0.3, 0.4) is 0 Å². The monoisotopic (exact) mass is 481 g/mol. The van der Waals surface area contributed by atoms with Gasteiger partial charge in [0.2, 0.25) is 0 Å². The molecule has 1 fully saturated rings. The van der Waals surface area contributed by atoms with E-state index in [9.17, 15) is 13.2 Å². The summed E-state index contributed by atoms with van der Waals surface area (Å²) in [6.45, 7) is 4.92. The van der Waals surface area contributed by atoms with E-state index in [1.54, 1.807) is 24.3 Å². The molecule has 0 amide bonds. The molecule has 10 heteroatoms. The van der Waals surface area contributed by atoms with Gasteiger partial charge in [0.15, 0.2) is 5.82 Å². The lowest BCUT2D eigenvalue weighted by Crippen LogP contribution is -2.33. The van der Waals surface area contributed by atoms with E-state index in [0.29, 0.717) is 17.3 Å². The van der Waals surface area contributed by atoms with Gasteiger partial charge < -0.3 is 4.90 Å². The number of likely N-dealkylation sites (tertiary alicyclic amines) is 1. The van der Waals surface area contributed by atoms with E-state index in [4.69, 9.17) is 0 Å². The third-order valence-corrected chi connectivity index (χ3v) is 7.39. The quantitative estimate of drug-likeness (QED) is 0.471. The van der Waals surface area contributed by atoms with Crippen molar-refractivity contribution >= 4 is 24.0 Å². The molecule has 5 nitrogen and oxygen atoms in total. The lowest BCUT2D eigenvalue weighted by Gasteiger charge is -2.31. The van der Waals surface area contributed by atoms with Crippen LogP contribution in [0.5, 0.6) is 0 Å². The van der Waals surface area contributed by atoms with E-state index in [1.165, 1.54) is 21.8 Å². The molecule has 4 rings (SSSR count). The predicted octanol–water partition coefficient (Wildman–Crippen LogP) is 5.21. The van der Waals surface area contributed by atoms with Crippen LogP contribution in [0.15, 0.2) is 34.5 Å². The molecule has 172 valence electrons. The number of aromatic nitrogens is 4. The number of rotatable bonds is 7. The van der Waals surface area contributed by atoms with Crippen molar-refractivity contribution in [1.82, 2.24) is 25.1 Å². The third-order valence-electron chi connectivity index (χ3n) is 5.92. The van der Waals surface area contributed by atoms with Crippen LogP contribution in [0.4, 0.5) is 13.2 Å². The van der Waals surface area contributed by atoms with Crippen LogP contribution in [0.25, 0.3) is 0 Å². The molecule has 3 aromatic rings. The number of piperidine rings is 1. The molecule has 3 heterocycles. The van der Waals surface area contributed by atoms with Crippen molar-refractivity contribution in [3.8, 4) is 0 Å². The Hall–Kier alpha value is -1.91. The van der Waals surface area contributed by atoms with Gasteiger partial charge in [0.05, 0.1) is 16.3 Å². The minimum atomic E-state index is -4.38. The molecule has 0 atom stereocenters. The van der Waals surface area contributed by atoms with E-state index in [2.05, 4.69) is 45.1 Å². The number of tetrazole rings is 1. The number of benzene rings is 1. The summed E-state index contributed by atoms with van der Waals surface area (Å²) in [6.07, 6.45) is -0.492. The minimum Gasteiger partial charge on any atom is -0.303 e. The topological polar surface area (TPSA) is 46.8 Å². The number of nitrogens with zero attached hydrogens (tertiary/aromatic N) is 5. The second-order valence-corrected chi connectivity index (χ2v) is 10.1. The Bertz CT molecular complexity index is 1040. The molecule has 1 saturated heterocycles. The summed E-state index contributed by atoms with van der Waals surface area (Å²) in [6, 6.07) is 8.23. The molecule has 32 heavy (non-hydrogen) atoms. The summed E-state index contributed by atoms with van der Waals surface area (Å²) in [5.74, 6) is 1.10. The Balaban J connectivity index is 1.35. The highest BCUT2D eigenvalue weighted by molar-refractivity contribution is 7.82. The van der Waals surface area contributed by atoms with Crippen molar-refractivity contribution < 1.29 is 13.2 Å². The lowest BCUT2D eigenvalue weighted by atomic mass is 9.95. The highest BCUT2D eigenvalue weighted by Gasteiger charge is 2.31. The number of thiol groups is 1. The standard InChI is InChI=1S/C22H26F3N5S2/c1-15-26-28-30(27-15)14-18-13-19(22(23,24)25)5-4-16(18)3-2-10-29-11-8-17(9-12-29)20-6-7-21(31)32-20/h4-7,13,17,31H,2-3,8-12,14H2,1H3. The molecule has 0 N–H and O–H groups in total. The summed E-state index contributed by atoms with van der Waals surface area (Å²) in [5, 5.41) is 11.9. The molecule has 1 aliphatic rings. The van der Waals surface area contributed by atoms with Gasteiger partial charge in [-0.05, 0) is 98.8 Å². The van der Waals surface area contributed by atoms with Gasteiger partial charge in [0, 0.05) is 4.88 Å². The number of aryl methyl sites for hydroxylation is 2. The van der Waals surface area contributed by atoms with E-state index in [-0.39, 0.29) is 6.54 Å². The van der Waals surface area contributed by atoms with E-state index in [0.717, 1.165) is 55.1 Å². The summed E-state index contributed by atoms with van der Waals surface area (Å²) >= 11 is 6.18. The van der Waals surface area contributed by atoms with Crippen molar-refractivity contribution in [2.75, 3.05) is 19.6 Å². The average Bonchev–Trinajstić information content (AvgIpc) is 3.37. The zero-order valence-corrected chi connectivity index (χ0v) is 19.6. The largest absolute Gasteiger partial charge is 0.416 e. The first-order valence-electron chi connectivity index (χ1n) is 10.7. The normalized spacial score (nSPS) is 16.0. The highest BCUT2D eigenvalue weighted by atomic mass is 32.2. The SMILES string of the molecule is Cc1nnn(Cc2cc(C(F)(F)F)ccc2CCCN2CCC(c3ccc(S)s3)CC2)n1. The maximum atomic E-state index is 13.2. The maximum absolute atomic E-state index is 13.2. The van der Waals surface area contributed by atoms with Crippen LogP contribution in [0, 0.1) is 6.92 Å². The minimum absolute atomic E-state index is 0.180. The third kappa shape index (κ3) is 5.90. The number of alkyl halides is 3. The van der Waals surface area contributed by atoms with Gasteiger partial charge in [-0.25, -0.2) is 0 Å². The fraction of sp³-hybridized carbons (Fsp3) is 0.500. The van der Waals surface area contributed by atoms with Gasteiger partial charge in [-0.3, -0.25) is 0 Å². The van der Waals surface area contributed by atoms with E-state index >= 15 is 0 Å². The lowest BCUT2D eigenvalue weighted by molar-refractivity contribution is -0.137. The van der Waals surface area contributed by atoms with Crippen LogP contribution in [-0.2, 0) is 19.1 Å². The molecular formula is C22H26F3N5S2. The average molecular weight is 482 g/mol. The van der Waals surface area contributed by atoms with Crippen molar-refractivity contribution in [3.05, 3.63) is 57.7 Å². The zero-order valence-electron chi connectivity index (χ0n) is 17.8. The van der Waals surface area contributed by atoms with Crippen LogP contribution in [-0.4, -0.2) is 44.7 Å². The molecule has 0 aliphatic carbocycles. The second kappa shape index (κ2) is 9.93. The Morgan fingerprint density at radius 3 is 2.53 bits per heavy atom. The van der Waals surface area contributed by atoms with Crippen molar-refractivity contribution in [2.45, 2.75) is 55.5 Å². The Labute approximate surface area is 195 Å². The van der Waals surface area contributed by atoms with Gasteiger partial charge in [0.1, 0.15) is 0 Å². The number of hydrogen-bond donors (Lipinski definition) is 1. The molecule has 0 radical (unpaired) electrons. The van der Waals surface area contributed by atoms with E-state index in [1.807, 2.05) is 0 Å². The van der Waals surface area contributed by atoms with Gasteiger partial charge >= 0.3 is 6.18 Å². The maximum Gasteiger partial charge on any atom is 0.416 e. The van der Waals surface area contributed by atoms with Crippen LogP contribution in [0.2, 0.25) is 0 Å². The number of hydrogen-bond acceptors (Lipinski definition) is 6. The number of halogens is 3. The first kappa shape index (κ1) is 23.3. The highest BCUT2D eigenvalue weighted by Crippen LogP contribution is 2.34. The Morgan fingerprint density at radius 2 is 1.91 bits per heavy atom. The first-order chi connectivity index (χ1) is 15.3. The molecule has 0 saturated carbocycles. The van der Waals surface area contributed by atoms with Crippen molar-refractivity contribution in [2.24, 2.45) is 0 Å². The molecule has 0 spiro atoms. The molecule has 0 unspecified atom stereocenters. The van der Waals surface area contributed by atoms with Gasteiger partial charge in [-0.2, -0.15) is 18.0 Å². The molecule has 2 aromatic heterocycles. The van der Waals surface area contributed by atoms with E-state index < -0.39 is 11.7 Å². The summed E-state index contributed by atoms with van der Waals surface area (Å²) in [5.41, 5.74) is 0.854. The fourth-order valence-corrected chi connectivity index (χ4v) is 5.54. The van der Waals surface area contributed by atoms with Gasteiger partial charge in [0.25, 0.3) is 0 Å². The Kier molecular flexibility index (Phi) is 7.21. The summed E-state index contributed by atoms with van der Waals surface area (Å²) < 4.78 is 40.8. The second-order valence-electron chi connectivity index (χ2n) is 8.24. The summed E-state index contributed by atoms with van der Waals surface area (Å²) in [4.78, 5) is 5.22. The summed E-state index contributed by atoms with van der Waals surface area (Å²) in [7, 11) is 0. The molecule has 0 bridgehead atoms. The van der Waals surface area contributed by atoms with Crippen molar-refractivity contribution in [1.29, 1.82) is 0 Å². The fourth-order valence-electron chi connectivity index (χ4n) is 4.23. The van der Waals surface area contributed by atoms with Crippen molar-refractivity contribution in [3.63, 3.8) is 0 Å². The molecule has 1 aliphatic heterocycles. The van der Waals surface area contributed by atoms with Gasteiger partial charge in [-0.15, -0.1) is 34.2 Å². The zero-order chi connectivity index (χ0) is 22.7. The van der Waals surface area contributed by atoms with Crippen LogP contribution in [0.1, 0.15) is 52.6 Å². The smallest absolute Gasteiger partial charge is 0.303 e. The van der Waals surface area contributed by atoms with Crippen LogP contribution < -0.4 is 0 Å². The number of thiophene rings is 1. The predicted molar refractivity (Wildman–Crippen MR) is 121 cm³/mol. The van der Waals surface area contributed by atoms with Gasteiger partial charge in [-0.1, -0.05) is 6.07 Å². The molecule has 1 aromatic carbocycles. The molecular weight excluding hydrogens is 455 g/mol. The Morgan fingerprint density at radius 1 is 1.12 bits per heavy atom. The van der Waals surface area contributed by atoms with Crippen LogP contribution >= 0.6 is 24.0 Å². The first-order valence-corrected chi connectivity index (χ1v) is 12.0.